The summed E-state index contributed by atoms with van der Waals surface area (Å²) < 4.78 is 6.12. The Hall–Kier alpha value is -0.160. The minimum Gasteiger partial charge on any atom is -0.390 e. The van der Waals surface area contributed by atoms with Crippen LogP contribution < -0.4 is 0 Å². The molecule has 0 aromatic heterocycles. The first-order valence-corrected chi connectivity index (χ1v) is 9.28. The molecule has 2 rings (SSSR count). The summed E-state index contributed by atoms with van der Waals surface area (Å²) >= 11 is 0. The molecule has 0 radical (unpaired) electrons. The zero-order chi connectivity index (χ0) is 17.4. The van der Waals surface area contributed by atoms with E-state index in [0.29, 0.717) is 18.9 Å². The molecule has 136 valence electrons. The molecule has 4 nitrogen and oxygen atoms in total. The lowest BCUT2D eigenvalue weighted by Gasteiger charge is -2.33. The van der Waals surface area contributed by atoms with Crippen LogP contribution in [-0.4, -0.2) is 46.3 Å². The predicted molar refractivity (Wildman–Crippen MR) is 91.0 cm³/mol. The number of rotatable bonds is 5. The van der Waals surface area contributed by atoms with Gasteiger partial charge in [-0.3, -0.25) is 0 Å². The first kappa shape index (κ1) is 19.2. The zero-order valence-electron chi connectivity index (χ0n) is 15.4. The van der Waals surface area contributed by atoms with Gasteiger partial charge in [0.25, 0.3) is 0 Å². The third-order valence-corrected chi connectivity index (χ3v) is 6.21. The Balaban J connectivity index is 1.93. The molecule has 0 heterocycles. The average molecular weight is 328 g/mol. The van der Waals surface area contributed by atoms with E-state index < -0.39 is 18.3 Å². The summed E-state index contributed by atoms with van der Waals surface area (Å²) in [7, 11) is 0. The summed E-state index contributed by atoms with van der Waals surface area (Å²) in [6.45, 7) is 11.4. The highest BCUT2D eigenvalue weighted by Crippen LogP contribution is 2.42. The van der Waals surface area contributed by atoms with Gasteiger partial charge < -0.3 is 20.1 Å². The van der Waals surface area contributed by atoms with Crippen molar-refractivity contribution in [2.45, 2.75) is 84.7 Å². The van der Waals surface area contributed by atoms with Gasteiger partial charge in [0.15, 0.2) is 0 Å². The van der Waals surface area contributed by atoms with Crippen LogP contribution in [0.4, 0.5) is 0 Å². The molecule has 2 aliphatic rings. The van der Waals surface area contributed by atoms with Crippen LogP contribution in [0.3, 0.4) is 0 Å². The molecule has 7 atom stereocenters. The smallest absolute Gasteiger partial charge is 0.0837 e. The van der Waals surface area contributed by atoms with Gasteiger partial charge in [-0.2, -0.15) is 0 Å². The van der Waals surface area contributed by atoms with Gasteiger partial charge in [-0.15, -0.1) is 0 Å². The van der Waals surface area contributed by atoms with Crippen molar-refractivity contribution in [3.05, 3.63) is 0 Å². The molecule has 0 amide bonds. The van der Waals surface area contributed by atoms with Gasteiger partial charge in [-0.1, -0.05) is 34.6 Å². The molecule has 2 aliphatic carbocycles. The fraction of sp³-hybridized carbons (Fsp3) is 1.00. The summed E-state index contributed by atoms with van der Waals surface area (Å²) in [6, 6.07) is 0. The maximum Gasteiger partial charge on any atom is 0.0837 e. The summed E-state index contributed by atoms with van der Waals surface area (Å²) in [5, 5.41) is 30.6. The van der Waals surface area contributed by atoms with Crippen molar-refractivity contribution in [2.24, 2.45) is 29.1 Å². The Bertz CT molecular complexity index is 376. The molecule has 3 unspecified atom stereocenters. The SMILES string of the molecule is CC(C)C(CO[C@H]1CCC(C(C)(C)C)[C@H]1O)C1CC[C@@H](O)[C@H]1O. The van der Waals surface area contributed by atoms with Crippen molar-refractivity contribution in [1.29, 1.82) is 0 Å². The Labute approximate surface area is 141 Å². The lowest BCUT2D eigenvalue weighted by atomic mass is 9.78. The minimum atomic E-state index is -0.637. The van der Waals surface area contributed by atoms with Crippen molar-refractivity contribution in [3.8, 4) is 0 Å². The van der Waals surface area contributed by atoms with E-state index in [1.54, 1.807) is 0 Å². The molecule has 0 spiro atoms. The molecule has 0 saturated heterocycles. The molecule has 0 bridgehead atoms. The summed E-state index contributed by atoms with van der Waals surface area (Å²) in [5.74, 6) is 0.991. The van der Waals surface area contributed by atoms with Crippen molar-refractivity contribution in [2.75, 3.05) is 6.61 Å². The van der Waals surface area contributed by atoms with Crippen LogP contribution in [0.15, 0.2) is 0 Å². The second-order valence-electron chi connectivity index (χ2n) is 9.12. The number of aliphatic hydroxyl groups is 3. The van der Waals surface area contributed by atoms with Gasteiger partial charge in [-0.05, 0) is 54.8 Å². The maximum atomic E-state index is 10.6. The van der Waals surface area contributed by atoms with Gasteiger partial charge in [0.2, 0.25) is 0 Å². The van der Waals surface area contributed by atoms with Crippen LogP contribution in [-0.2, 0) is 4.74 Å². The lowest BCUT2D eigenvalue weighted by Crippen LogP contribution is -2.38. The van der Waals surface area contributed by atoms with Crippen molar-refractivity contribution >= 4 is 0 Å². The second kappa shape index (κ2) is 7.38. The number of hydrogen-bond donors (Lipinski definition) is 3. The molecule has 4 heteroatoms. The monoisotopic (exact) mass is 328 g/mol. The number of ether oxygens (including phenoxy) is 1. The molecular weight excluding hydrogens is 292 g/mol. The van der Waals surface area contributed by atoms with E-state index in [-0.39, 0.29) is 29.3 Å². The van der Waals surface area contributed by atoms with Crippen LogP contribution >= 0.6 is 0 Å². The Morgan fingerprint density at radius 2 is 1.61 bits per heavy atom. The Morgan fingerprint density at radius 1 is 0.957 bits per heavy atom. The van der Waals surface area contributed by atoms with Crippen molar-refractivity contribution in [1.82, 2.24) is 0 Å². The number of aliphatic hydroxyl groups excluding tert-OH is 3. The van der Waals surface area contributed by atoms with Gasteiger partial charge in [-0.25, -0.2) is 0 Å². The summed E-state index contributed by atoms with van der Waals surface area (Å²) in [6.07, 6.45) is 1.71. The van der Waals surface area contributed by atoms with Crippen molar-refractivity contribution < 1.29 is 20.1 Å². The highest BCUT2D eigenvalue weighted by molar-refractivity contribution is 4.93. The third kappa shape index (κ3) is 4.28. The normalized spacial score (nSPS) is 40.0. The number of hydrogen-bond acceptors (Lipinski definition) is 4. The van der Waals surface area contributed by atoms with E-state index in [1.807, 2.05) is 0 Å². The highest BCUT2D eigenvalue weighted by atomic mass is 16.5. The Kier molecular flexibility index (Phi) is 6.15. The summed E-state index contributed by atoms with van der Waals surface area (Å²) in [4.78, 5) is 0. The van der Waals surface area contributed by atoms with Crippen LogP contribution in [0.1, 0.15) is 60.3 Å². The minimum absolute atomic E-state index is 0.0936. The fourth-order valence-corrected chi connectivity index (χ4v) is 4.57. The van der Waals surface area contributed by atoms with Crippen LogP contribution in [0.2, 0.25) is 0 Å². The van der Waals surface area contributed by atoms with E-state index >= 15 is 0 Å². The average Bonchev–Trinajstić information content (AvgIpc) is 2.96. The largest absolute Gasteiger partial charge is 0.390 e. The van der Waals surface area contributed by atoms with Gasteiger partial charge >= 0.3 is 0 Å². The van der Waals surface area contributed by atoms with E-state index in [4.69, 9.17) is 4.74 Å². The topological polar surface area (TPSA) is 69.9 Å². The molecular formula is C19H36O4. The van der Waals surface area contributed by atoms with Crippen molar-refractivity contribution in [3.63, 3.8) is 0 Å². The predicted octanol–water partition coefficient (Wildman–Crippen LogP) is 2.59. The zero-order valence-corrected chi connectivity index (χ0v) is 15.4. The molecule has 0 aliphatic heterocycles. The molecule has 0 aromatic carbocycles. The second-order valence-corrected chi connectivity index (χ2v) is 9.12. The van der Waals surface area contributed by atoms with E-state index in [0.717, 1.165) is 19.3 Å². The fourth-order valence-electron chi connectivity index (χ4n) is 4.57. The molecule has 23 heavy (non-hydrogen) atoms. The standard InChI is InChI=1S/C19H36O4/c1-11(2)13(12-6-8-15(20)17(12)21)10-23-16-9-7-14(18(16)22)19(3,4)5/h11-18,20-22H,6-10H2,1-5H3/t12?,13?,14?,15-,16+,17+,18-/m1/s1. The van der Waals surface area contributed by atoms with Gasteiger partial charge in [0.1, 0.15) is 0 Å². The maximum absolute atomic E-state index is 10.6. The van der Waals surface area contributed by atoms with E-state index in [2.05, 4.69) is 34.6 Å². The molecule has 2 saturated carbocycles. The highest BCUT2D eigenvalue weighted by Gasteiger charge is 2.43. The first-order valence-electron chi connectivity index (χ1n) is 9.28. The Morgan fingerprint density at radius 3 is 2.04 bits per heavy atom. The van der Waals surface area contributed by atoms with Gasteiger partial charge in [0, 0.05) is 0 Å². The third-order valence-electron chi connectivity index (χ3n) is 6.21. The van der Waals surface area contributed by atoms with Crippen LogP contribution in [0, 0.1) is 29.1 Å². The quantitative estimate of drug-likeness (QED) is 0.725. The van der Waals surface area contributed by atoms with E-state index in [9.17, 15) is 15.3 Å². The first-order chi connectivity index (χ1) is 10.6. The molecule has 0 aromatic rings. The van der Waals surface area contributed by atoms with Crippen LogP contribution in [0.5, 0.6) is 0 Å². The van der Waals surface area contributed by atoms with E-state index in [1.165, 1.54) is 0 Å². The lowest BCUT2D eigenvalue weighted by molar-refractivity contribution is -0.0794. The molecule has 3 N–H and O–H groups in total. The van der Waals surface area contributed by atoms with Gasteiger partial charge in [0.05, 0.1) is 31.0 Å². The summed E-state index contributed by atoms with van der Waals surface area (Å²) in [5.41, 5.74) is 0.0979. The van der Waals surface area contributed by atoms with Crippen LogP contribution in [0.25, 0.3) is 0 Å². The molecule has 2 fully saturated rings.